The molecular weight excluding hydrogens is 584 g/mol. The number of aryl methyl sites for hydroxylation is 1. The highest BCUT2D eigenvalue weighted by Gasteiger charge is 2.49. The smallest absolute Gasteiger partial charge is 0.350 e. The van der Waals surface area contributed by atoms with E-state index in [9.17, 15) is 19.5 Å². The molecule has 0 aliphatic carbocycles. The third-order valence-electron chi connectivity index (χ3n) is 7.40. The van der Waals surface area contributed by atoms with Crippen molar-refractivity contribution in [2.75, 3.05) is 24.7 Å². The molecule has 5 rings (SSSR count). The van der Waals surface area contributed by atoms with Crippen molar-refractivity contribution in [2.45, 2.75) is 66.0 Å². The number of ether oxygens (including phenoxy) is 4. The van der Waals surface area contributed by atoms with Crippen molar-refractivity contribution in [2.24, 2.45) is 0 Å². The van der Waals surface area contributed by atoms with E-state index in [0.717, 1.165) is 35.5 Å². The number of ketones is 1. The number of carbonyl (C=O) groups is 3. The van der Waals surface area contributed by atoms with Crippen LogP contribution in [0, 0.1) is 6.92 Å². The van der Waals surface area contributed by atoms with Crippen molar-refractivity contribution >= 4 is 39.9 Å². The van der Waals surface area contributed by atoms with Crippen molar-refractivity contribution in [1.29, 1.82) is 0 Å². The van der Waals surface area contributed by atoms with Gasteiger partial charge in [0.05, 0.1) is 37.1 Å². The minimum atomic E-state index is -1.07. The van der Waals surface area contributed by atoms with Crippen LogP contribution in [0.15, 0.2) is 42.0 Å². The first-order chi connectivity index (χ1) is 21.2. The van der Waals surface area contributed by atoms with Gasteiger partial charge in [0.15, 0.2) is 16.6 Å². The molecule has 2 aliphatic heterocycles. The number of Topliss-reactive ketones (excluding diaryl/α,β-unsaturated/α-hetero) is 1. The summed E-state index contributed by atoms with van der Waals surface area (Å²) in [6, 6.07) is 9.33. The predicted molar refractivity (Wildman–Crippen MR) is 166 cm³/mol. The van der Waals surface area contributed by atoms with Gasteiger partial charge in [-0.3, -0.25) is 14.5 Å². The lowest BCUT2D eigenvalue weighted by molar-refractivity contribution is -0.132. The van der Waals surface area contributed by atoms with Crippen LogP contribution in [0.3, 0.4) is 0 Å². The molecular formula is C33H36N2O8S. The number of aliphatic hydroxyl groups excluding tert-OH is 1. The Bertz CT molecular complexity index is 1630. The van der Waals surface area contributed by atoms with Gasteiger partial charge in [-0.25, -0.2) is 9.78 Å². The van der Waals surface area contributed by atoms with Crippen molar-refractivity contribution in [1.82, 2.24) is 4.98 Å². The lowest BCUT2D eigenvalue weighted by Gasteiger charge is -2.24. The summed E-state index contributed by atoms with van der Waals surface area (Å²) >= 11 is 0.957. The van der Waals surface area contributed by atoms with E-state index in [1.165, 1.54) is 4.90 Å². The number of aliphatic hydroxyl groups is 1. The number of esters is 1. The summed E-state index contributed by atoms with van der Waals surface area (Å²) in [7, 11) is 0. The van der Waals surface area contributed by atoms with Crippen LogP contribution < -0.4 is 19.1 Å². The Morgan fingerprint density at radius 1 is 1.09 bits per heavy atom. The van der Waals surface area contributed by atoms with E-state index in [2.05, 4.69) is 11.9 Å². The molecule has 2 aliphatic rings. The molecule has 1 saturated heterocycles. The normalized spacial score (nSPS) is 18.7. The standard InChI is InChI=1S/C33H36N2O8S/c1-6-9-14-42-24-13-10-20(17-25(24)40-7-2)27-26(28(36)21-11-12-23-22(16-21)15-18(4)43-23)29(37)31(38)35(27)33-34-19(5)30(44-33)32(39)41-8-3/h10-13,16-18,27,36H,6-9,14-15H2,1-5H3/b28-26+/t18-,27-/m1/s1. The number of fused-ring (bicyclic) bond motifs is 1. The van der Waals surface area contributed by atoms with E-state index in [1.807, 2.05) is 13.8 Å². The van der Waals surface area contributed by atoms with Gasteiger partial charge in [0, 0.05) is 12.0 Å². The molecule has 1 aromatic heterocycles. The summed E-state index contributed by atoms with van der Waals surface area (Å²) in [4.78, 5) is 46.1. The number of aromatic nitrogens is 1. The summed E-state index contributed by atoms with van der Waals surface area (Å²) in [5.74, 6) is -0.941. The van der Waals surface area contributed by atoms with Gasteiger partial charge in [-0.2, -0.15) is 0 Å². The molecule has 11 heteroatoms. The van der Waals surface area contributed by atoms with E-state index in [4.69, 9.17) is 18.9 Å². The first-order valence-electron chi connectivity index (χ1n) is 14.8. The van der Waals surface area contributed by atoms with Crippen molar-refractivity contribution in [3.05, 3.63) is 69.2 Å². The molecule has 10 nitrogen and oxygen atoms in total. The minimum absolute atomic E-state index is 0.00948. The lowest BCUT2D eigenvalue weighted by Crippen LogP contribution is -2.29. The summed E-state index contributed by atoms with van der Waals surface area (Å²) in [6.07, 6.45) is 2.47. The number of nitrogens with zero attached hydrogens (tertiary/aromatic N) is 2. The molecule has 3 heterocycles. The third-order valence-corrected chi connectivity index (χ3v) is 8.54. The number of amides is 1. The Kier molecular flexibility index (Phi) is 9.24. The number of unbranched alkanes of at least 4 members (excludes halogenated alkanes) is 1. The highest BCUT2D eigenvalue weighted by atomic mass is 32.1. The van der Waals surface area contributed by atoms with E-state index < -0.39 is 23.7 Å². The molecule has 1 N–H and O–H groups in total. The molecule has 0 unspecified atom stereocenters. The zero-order valence-electron chi connectivity index (χ0n) is 25.5. The zero-order chi connectivity index (χ0) is 31.5. The van der Waals surface area contributed by atoms with E-state index in [-0.39, 0.29) is 34.1 Å². The van der Waals surface area contributed by atoms with Gasteiger partial charge in [-0.1, -0.05) is 30.7 Å². The van der Waals surface area contributed by atoms with Crippen LogP contribution in [-0.4, -0.2) is 53.7 Å². The second kappa shape index (κ2) is 13.1. The molecule has 232 valence electrons. The Balaban J connectivity index is 1.67. The topological polar surface area (TPSA) is 124 Å². The molecule has 1 fully saturated rings. The summed E-state index contributed by atoms with van der Waals surface area (Å²) in [5.41, 5.74) is 2.05. The van der Waals surface area contributed by atoms with Gasteiger partial charge in [0.25, 0.3) is 5.78 Å². The molecule has 0 bridgehead atoms. The van der Waals surface area contributed by atoms with Gasteiger partial charge in [0.2, 0.25) is 0 Å². The number of benzene rings is 2. The highest BCUT2D eigenvalue weighted by molar-refractivity contribution is 7.17. The van der Waals surface area contributed by atoms with E-state index in [1.54, 1.807) is 50.2 Å². The maximum absolute atomic E-state index is 13.7. The number of anilines is 1. The van der Waals surface area contributed by atoms with Gasteiger partial charge in [0.1, 0.15) is 22.5 Å². The average Bonchev–Trinajstić information content (AvgIpc) is 3.65. The average molecular weight is 621 g/mol. The summed E-state index contributed by atoms with van der Waals surface area (Å²) in [5, 5.41) is 11.8. The van der Waals surface area contributed by atoms with Crippen LogP contribution >= 0.6 is 11.3 Å². The third kappa shape index (κ3) is 5.88. The molecule has 1 amide bonds. The number of thiazole rings is 1. The molecule has 0 saturated carbocycles. The van der Waals surface area contributed by atoms with Crippen molar-refractivity contribution in [3.63, 3.8) is 0 Å². The van der Waals surface area contributed by atoms with Crippen LogP contribution in [0.1, 0.15) is 78.6 Å². The van der Waals surface area contributed by atoms with Crippen LogP contribution in [0.2, 0.25) is 0 Å². The SMILES string of the molecule is CCCCOc1ccc([C@@H]2/C(=C(\O)c3ccc4c(c3)C[C@@H](C)O4)C(=O)C(=O)N2c2nc(C)c(C(=O)OCC)s2)cc1OCC. The Morgan fingerprint density at radius 3 is 2.61 bits per heavy atom. The first kappa shape index (κ1) is 31.1. The van der Waals surface area contributed by atoms with Gasteiger partial charge in [-0.05, 0) is 75.6 Å². The second-order valence-electron chi connectivity index (χ2n) is 10.6. The van der Waals surface area contributed by atoms with E-state index in [0.29, 0.717) is 48.0 Å². The highest BCUT2D eigenvalue weighted by Crippen LogP contribution is 2.46. The van der Waals surface area contributed by atoms with Crippen LogP contribution in [-0.2, 0) is 20.7 Å². The van der Waals surface area contributed by atoms with Crippen molar-refractivity contribution in [3.8, 4) is 17.2 Å². The number of hydrogen-bond acceptors (Lipinski definition) is 10. The van der Waals surface area contributed by atoms with Crippen LogP contribution in [0.4, 0.5) is 5.13 Å². The van der Waals surface area contributed by atoms with Gasteiger partial charge >= 0.3 is 11.9 Å². The fourth-order valence-corrected chi connectivity index (χ4v) is 6.34. The molecule has 44 heavy (non-hydrogen) atoms. The molecule has 3 aromatic rings. The van der Waals surface area contributed by atoms with Crippen LogP contribution in [0.25, 0.3) is 5.76 Å². The fraction of sp³-hybridized carbons (Fsp3) is 0.394. The molecule has 0 radical (unpaired) electrons. The number of carbonyl (C=O) groups excluding carboxylic acids is 3. The second-order valence-corrected chi connectivity index (χ2v) is 11.6. The van der Waals surface area contributed by atoms with Crippen LogP contribution in [0.5, 0.6) is 17.2 Å². The summed E-state index contributed by atoms with van der Waals surface area (Å²) < 4.78 is 22.8. The summed E-state index contributed by atoms with van der Waals surface area (Å²) in [6.45, 7) is 10.3. The quantitative estimate of drug-likeness (QED) is 0.0883. The molecule has 2 atom stereocenters. The number of hydrogen-bond donors (Lipinski definition) is 1. The fourth-order valence-electron chi connectivity index (χ4n) is 5.35. The predicted octanol–water partition coefficient (Wildman–Crippen LogP) is 6.16. The minimum Gasteiger partial charge on any atom is -0.507 e. The monoisotopic (exact) mass is 620 g/mol. The van der Waals surface area contributed by atoms with Crippen molar-refractivity contribution < 1.29 is 38.4 Å². The Labute approximate surface area is 260 Å². The maximum atomic E-state index is 13.7. The lowest BCUT2D eigenvalue weighted by atomic mass is 9.94. The first-order valence-corrected chi connectivity index (χ1v) is 15.6. The van der Waals surface area contributed by atoms with E-state index >= 15 is 0 Å². The number of rotatable bonds is 11. The Hall–Kier alpha value is -4.38. The molecule has 2 aromatic carbocycles. The zero-order valence-corrected chi connectivity index (χ0v) is 26.3. The van der Waals surface area contributed by atoms with Gasteiger partial charge in [-0.15, -0.1) is 0 Å². The maximum Gasteiger partial charge on any atom is 0.350 e. The largest absolute Gasteiger partial charge is 0.507 e. The molecule has 0 spiro atoms. The van der Waals surface area contributed by atoms with Gasteiger partial charge < -0.3 is 24.1 Å². The Morgan fingerprint density at radius 2 is 1.89 bits per heavy atom.